The molecule has 2 nitrogen and oxygen atoms in total. The Bertz CT molecular complexity index is 413. The number of fused-ring (bicyclic) bond motifs is 1. The normalized spacial score (nSPS) is 50.9. The van der Waals surface area contributed by atoms with Crippen molar-refractivity contribution in [1.82, 2.24) is 0 Å². The molecule has 0 saturated heterocycles. The van der Waals surface area contributed by atoms with Crippen LogP contribution in [0.5, 0.6) is 0 Å². The van der Waals surface area contributed by atoms with Gasteiger partial charge in [0.25, 0.3) is 0 Å². The lowest BCUT2D eigenvalue weighted by Crippen LogP contribution is -2.47. The Morgan fingerprint density at radius 2 is 1.79 bits per heavy atom. The maximum absolute atomic E-state index is 11.5. The van der Waals surface area contributed by atoms with Crippen molar-refractivity contribution in [3.05, 3.63) is 0 Å². The van der Waals surface area contributed by atoms with Crippen LogP contribution in [0.15, 0.2) is 0 Å². The fourth-order valence-corrected chi connectivity index (χ4v) is 6.31. The second-order valence-electron chi connectivity index (χ2n) is 8.25. The molecule has 108 valence electrons. The van der Waals surface area contributed by atoms with Crippen molar-refractivity contribution in [3.8, 4) is 0 Å². The summed E-state index contributed by atoms with van der Waals surface area (Å²) in [7, 11) is 0. The van der Waals surface area contributed by atoms with Crippen molar-refractivity contribution in [1.29, 1.82) is 0 Å². The van der Waals surface area contributed by atoms with Crippen molar-refractivity contribution >= 4 is 5.97 Å². The van der Waals surface area contributed by atoms with Crippen LogP contribution in [0.1, 0.15) is 66.7 Å². The first kappa shape index (κ1) is 13.5. The van der Waals surface area contributed by atoms with E-state index >= 15 is 0 Å². The van der Waals surface area contributed by atoms with Gasteiger partial charge in [0.1, 0.15) is 5.60 Å². The smallest absolute Gasteiger partial charge is 0.303 e. The molecule has 0 amide bonds. The van der Waals surface area contributed by atoms with Crippen LogP contribution in [0, 0.1) is 28.6 Å². The molecule has 3 saturated carbocycles. The van der Waals surface area contributed by atoms with Crippen LogP contribution in [-0.4, -0.2) is 11.6 Å². The van der Waals surface area contributed by atoms with Gasteiger partial charge in [-0.3, -0.25) is 4.79 Å². The van der Waals surface area contributed by atoms with Crippen LogP contribution in [0.25, 0.3) is 0 Å². The first-order chi connectivity index (χ1) is 8.72. The Labute approximate surface area is 117 Å². The number of hydrogen-bond acceptors (Lipinski definition) is 2. The van der Waals surface area contributed by atoms with Gasteiger partial charge in [0, 0.05) is 12.8 Å². The van der Waals surface area contributed by atoms with Gasteiger partial charge in [0.05, 0.1) is 0 Å². The quantitative estimate of drug-likeness (QED) is 0.664. The summed E-state index contributed by atoms with van der Waals surface area (Å²) in [6, 6.07) is 0. The largest absolute Gasteiger partial charge is 0.459 e. The van der Waals surface area contributed by atoms with E-state index in [-0.39, 0.29) is 11.6 Å². The lowest BCUT2D eigenvalue weighted by atomic mass is 9.64. The Balaban J connectivity index is 1.99. The van der Waals surface area contributed by atoms with Crippen LogP contribution in [0.2, 0.25) is 0 Å². The molecule has 3 fully saturated rings. The molecule has 0 radical (unpaired) electrons. The summed E-state index contributed by atoms with van der Waals surface area (Å²) in [6.07, 6.45) is 6.35. The standard InChI is InChI=1S/C17H28O2/c1-11-6-7-13-15(3,4)14-10-17(11,13)9-8-16(14,5)19-12(2)18/h11,13-14H,6-10H2,1-5H3/t11-,13-,14-,16-,17+/m0/s1. The van der Waals surface area contributed by atoms with Gasteiger partial charge in [-0.2, -0.15) is 0 Å². The molecule has 0 heterocycles. The summed E-state index contributed by atoms with van der Waals surface area (Å²) < 4.78 is 5.80. The van der Waals surface area contributed by atoms with Crippen molar-refractivity contribution in [3.63, 3.8) is 0 Å². The number of ether oxygens (including phenoxy) is 1. The van der Waals surface area contributed by atoms with E-state index in [0.717, 1.165) is 18.3 Å². The van der Waals surface area contributed by atoms with Crippen molar-refractivity contribution in [2.45, 2.75) is 72.3 Å². The van der Waals surface area contributed by atoms with Gasteiger partial charge in [-0.15, -0.1) is 0 Å². The highest BCUT2D eigenvalue weighted by atomic mass is 16.6. The Morgan fingerprint density at radius 3 is 2.42 bits per heavy atom. The molecular formula is C17H28O2. The van der Waals surface area contributed by atoms with Gasteiger partial charge in [0.15, 0.2) is 0 Å². The van der Waals surface area contributed by atoms with E-state index in [1.807, 2.05) is 0 Å². The van der Waals surface area contributed by atoms with Gasteiger partial charge >= 0.3 is 5.97 Å². The maximum Gasteiger partial charge on any atom is 0.303 e. The molecule has 0 N–H and O–H groups in total. The highest BCUT2D eigenvalue weighted by Crippen LogP contribution is 2.73. The highest BCUT2D eigenvalue weighted by Gasteiger charge is 2.68. The van der Waals surface area contributed by atoms with E-state index < -0.39 is 0 Å². The summed E-state index contributed by atoms with van der Waals surface area (Å²) in [5.41, 5.74) is 0.629. The number of carbonyl (C=O) groups is 1. The van der Waals surface area contributed by atoms with Gasteiger partial charge in [-0.25, -0.2) is 0 Å². The second kappa shape index (κ2) is 3.77. The van der Waals surface area contributed by atoms with Gasteiger partial charge in [0.2, 0.25) is 0 Å². The maximum atomic E-state index is 11.5. The van der Waals surface area contributed by atoms with Crippen LogP contribution in [-0.2, 0) is 9.53 Å². The molecule has 0 unspecified atom stereocenters. The number of esters is 1. The van der Waals surface area contributed by atoms with Crippen LogP contribution >= 0.6 is 0 Å². The zero-order valence-corrected chi connectivity index (χ0v) is 13.1. The average molecular weight is 264 g/mol. The Kier molecular flexibility index (Phi) is 2.67. The molecule has 3 rings (SSSR count). The molecule has 0 aromatic rings. The average Bonchev–Trinajstić information content (AvgIpc) is 2.69. The minimum atomic E-state index is -0.232. The van der Waals surface area contributed by atoms with Crippen LogP contribution < -0.4 is 0 Å². The fourth-order valence-electron chi connectivity index (χ4n) is 6.31. The zero-order valence-electron chi connectivity index (χ0n) is 13.1. The van der Waals surface area contributed by atoms with E-state index in [4.69, 9.17) is 4.74 Å². The molecule has 0 aliphatic heterocycles. The lowest BCUT2D eigenvalue weighted by Gasteiger charge is -2.46. The summed E-state index contributed by atoms with van der Waals surface area (Å²) >= 11 is 0. The van der Waals surface area contributed by atoms with Crippen molar-refractivity contribution in [2.24, 2.45) is 28.6 Å². The summed E-state index contributed by atoms with van der Waals surface area (Å²) in [5, 5.41) is 0. The first-order valence-electron chi connectivity index (χ1n) is 7.92. The topological polar surface area (TPSA) is 26.3 Å². The molecule has 0 aromatic heterocycles. The summed E-state index contributed by atoms with van der Waals surface area (Å²) in [4.78, 5) is 11.5. The molecule has 3 aliphatic carbocycles. The first-order valence-corrected chi connectivity index (χ1v) is 7.92. The van der Waals surface area contributed by atoms with E-state index in [1.165, 1.54) is 25.7 Å². The van der Waals surface area contributed by atoms with E-state index in [2.05, 4.69) is 27.7 Å². The third kappa shape index (κ3) is 1.58. The second-order valence-corrected chi connectivity index (χ2v) is 8.25. The van der Waals surface area contributed by atoms with Crippen LogP contribution in [0.3, 0.4) is 0 Å². The summed E-state index contributed by atoms with van der Waals surface area (Å²) in [6.45, 7) is 11.0. The number of carbonyl (C=O) groups excluding carboxylic acids is 1. The molecule has 3 aliphatic rings. The summed E-state index contributed by atoms with van der Waals surface area (Å²) in [5.74, 6) is 2.10. The van der Waals surface area contributed by atoms with Crippen LogP contribution in [0.4, 0.5) is 0 Å². The predicted octanol–water partition coefficient (Wildman–Crippen LogP) is 4.18. The zero-order chi connectivity index (χ0) is 14.1. The molecule has 5 atom stereocenters. The molecule has 0 aromatic carbocycles. The minimum absolute atomic E-state index is 0.112. The molecule has 1 spiro atoms. The SMILES string of the molecule is CC(=O)O[C@@]1(C)CC[C@]23C[C@H]1C(C)(C)[C@@H]2CC[C@@H]3C. The fraction of sp³-hybridized carbons (Fsp3) is 0.941. The van der Waals surface area contributed by atoms with Gasteiger partial charge < -0.3 is 4.74 Å². The Morgan fingerprint density at radius 1 is 1.11 bits per heavy atom. The number of rotatable bonds is 1. The van der Waals surface area contributed by atoms with Crippen molar-refractivity contribution < 1.29 is 9.53 Å². The lowest BCUT2D eigenvalue weighted by molar-refractivity contribution is -0.171. The minimum Gasteiger partial charge on any atom is -0.459 e. The predicted molar refractivity (Wildman–Crippen MR) is 75.6 cm³/mol. The van der Waals surface area contributed by atoms with E-state index in [9.17, 15) is 4.79 Å². The number of hydrogen-bond donors (Lipinski definition) is 0. The van der Waals surface area contributed by atoms with Crippen molar-refractivity contribution in [2.75, 3.05) is 0 Å². The van der Waals surface area contributed by atoms with E-state index in [1.54, 1.807) is 6.92 Å². The molecule has 19 heavy (non-hydrogen) atoms. The van der Waals surface area contributed by atoms with Gasteiger partial charge in [-0.1, -0.05) is 20.8 Å². The Hall–Kier alpha value is -0.530. The monoisotopic (exact) mass is 264 g/mol. The molecule has 2 heteroatoms. The van der Waals surface area contributed by atoms with E-state index in [0.29, 0.717) is 16.7 Å². The molecule has 2 bridgehead atoms. The third-order valence-electron chi connectivity index (χ3n) is 7.15. The third-order valence-corrected chi connectivity index (χ3v) is 7.15. The van der Waals surface area contributed by atoms with Gasteiger partial charge in [-0.05, 0) is 61.7 Å². The highest BCUT2D eigenvalue weighted by molar-refractivity contribution is 5.66. The molecular weight excluding hydrogens is 236 g/mol.